The second kappa shape index (κ2) is 18.2. The van der Waals surface area contributed by atoms with Crippen LogP contribution in [-0.4, -0.2) is 73.4 Å². The van der Waals surface area contributed by atoms with Gasteiger partial charge in [0.1, 0.15) is 36.7 Å². The van der Waals surface area contributed by atoms with E-state index >= 15 is 0 Å². The minimum absolute atomic E-state index is 0.269. The second-order valence-electron chi connectivity index (χ2n) is 14.0. The van der Waals surface area contributed by atoms with Crippen molar-refractivity contribution in [2.45, 2.75) is 65.3 Å². The first kappa shape index (κ1) is 37.8. The highest BCUT2D eigenvalue weighted by atomic mass is 35.5. The lowest BCUT2D eigenvalue weighted by Crippen LogP contribution is -2.41. The largest absolute Gasteiger partial charge is 0.493 e. The van der Waals surface area contributed by atoms with Gasteiger partial charge in [-0.2, -0.15) is 0 Å². The molecular formula is C42H50ClN3O6. The van der Waals surface area contributed by atoms with Crippen molar-refractivity contribution in [2.75, 3.05) is 46.1 Å². The summed E-state index contributed by atoms with van der Waals surface area (Å²) in [6.07, 6.45) is 8.84. The predicted molar refractivity (Wildman–Crippen MR) is 203 cm³/mol. The van der Waals surface area contributed by atoms with E-state index in [1.54, 1.807) is 24.5 Å². The summed E-state index contributed by atoms with van der Waals surface area (Å²) < 4.78 is 24.6. The summed E-state index contributed by atoms with van der Waals surface area (Å²) in [5.41, 5.74) is 7.61. The Balaban J connectivity index is 1.10. The molecule has 9 nitrogen and oxygen atoms in total. The van der Waals surface area contributed by atoms with E-state index < -0.39 is 6.04 Å². The Hall–Kier alpha value is -3.99. The summed E-state index contributed by atoms with van der Waals surface area (Å²) in [7, 11) is 0. The van der Waals surface area contributed by atoms with Gasteiger partial charge in [-0.3, -0.25) is 4.98 Å². The fraction of sp³-hybridized carbons (Fsp3) is 0.429. The number of nitrogens with one attached hydrogen (secondary N) is 1. The van der Waals surface area contributed by atoms with Crippen molar-refractivity contribution >= 4 is 17.9 Å². The monoisotopic (exact) mass is 727 g/mol. The van der Waals surface area contributed by atoms with Gasteiger partial charge in [-0.05, 0) is 104 Å². The van der Waals surface area contributed by atoms with E-state index in [0.717, 1.165) is 84.0 Å². The molecule has 52 heavy (non-hydrogen) atoms. The number of hydrogen-bond donors (Lipinski definition) is 2. The van der Waals surface area contributed by atoms with Gasteiger partial charge in [-0.15, -0.1) is 0 Å². The number of carbonyl (C=O) groups is 1. The molecule has 2 aliphatic heterocycles. The Morgan fingerprint density at radius 2 is 1.73 bits per heavy atom. The van der Waals surface area contributed by atoms with E-state index in [0.29, 0.717) is 41.4 Å². The maximum absolute atomic E-state index is 11.3. The molecule has 1 spiro atoms. The molecule has 2 saturated heterocycles. The highest BCUT2D eigenvalue weighted by molar-refractivity contribution is 6.32. The van der Waals surface area contributed by atoms with Crippen LogP contribution in [0.25, 0.3) is 11.1 Å². The van der Waals surface area contributed by atoms with E-state index in [1.807, 2.05) is 12.1 Å². The molecular weight excluding hydrogens is 678 g/mol. The Morgan fingerprint density at radius 3 is 2.46 bits per heavy atom. The van der Waals surface area contributed by atoms with Crippen molar-refractivity contribution in [3.63, 3.8) is 0 Å². The summed E-state index contributed by atoms with van der Waals surface area (Å²) in [4.78, 5) is 18.0. The van der Waals surface area contributed by atoms with Crippen LogP contribution in [0.15, 0.2) is 73.1 Å². The first-order valence-corrected chi connectivity index (χ1v) is 18.6. The highest BCUT2D eigenvalue weighted by Gasteiger charge is 2.37. The van der Waals surface area contributed by atoms with Crippen molar-refractivity contribution in [3.8, 4) is 28.4 Å². The van der Waals surface area contributed by atoms with Gasteiger partial charge in [0, 0.05) is 49.3 Å². The molecule has 6 rings (SSSR count). The van der Waals surface area contributed by atoms with Crippen molar-refractivity contribution in [3.05, 3.63) is 106 Å². The summed E-state index contributed by atoms with van der Waals surface area (Å²) in [6, 6.07) is 19.2. The van der Waals surface area contributed by atoms with Crippen LogP contribution in [0.3, 0.4) is 0 Å². The van der Waals surface area contributed by atoms with Crippen LogP contribution >= 0.6 is 11.6 Å². The molecule has 10 heteroatoms. The number of likely N-dealkylation sites (tertiary alicyclic amines) is 1. The van der Waals surface area contributed by atoms with Crippen LogP contribution in [0.4, 0.5) is 0 Å². The zero-order valence-electron chi connectivity index (χ0n) is 30.2. The van der Waals surface area contributed by atoms with Crippen LogP contribution < -0.4 is 19.5 Å². The van der Waals surface area contributed by atoms with Gasteiger partial charge in [0.2, 0.25) is 0 Å². The number of hydrogen-bond acceptors (Lipinski definition) is 9. The van der Waals surface area contributed by atoms with E-state index in [1.165, 1.54) is 19.3 Å². The van der Waals surface area contributed by atoms with Crippen LogP contribution in [0, 0.1) is 19.3 Å². The average molecular weight is 728 g/mol. The summed E-state index contributed by atoms with van der Waals surface area (Å²) in [5.74, 6) is 1.95. The molecule has 0 radical (unpaired) electrons. The number of aromatic nitrogens is 1. The summed E-state index contributed by atoms with van der Waals surface area (Å²) in [5, 5.41) is 12.9. The molecule has 2 fully saturated rings. The summed E-state index contributed by atoms with van der Waals surface area (Å²) in [6.45, 7) is 10.7. The van der Waals surface area contributed by atoms with Crippen LogP contribution in [0.5, 0.6) is 17.2 Å². The van der Waals surface area contributed by atoms with Crippen molar-refractivity contribution < 1.29 is 28.8 Å². The van der Waals surface area contributed by atoms with E-state index in [-0.39, 0.29) is 19.8 Å². The molecule has 0 aliphatic carbocycles. The number of nitrogens with zero attached hydrogens (tertiary/aromatic N) is 2. The van der Waals surface area contributed by atoms with Crippen molar-refractivity contribution in [2.24, 2.45) is 5.41 Å². The third-order valence-corrected chi connectivity index (χ3v) is 10.8. The predicted octanol–water partition coefficient (Wildman–Crippen LogP) is 7.10. The Labute approximate surface area is 312 Å². The smallest absolute Gasteiger partial charge is 0.142 e. The van der Waals surface area contributed by atoms with Gasteiger partial charge in [-0.1, -0.05) is 48.0 Å². The molecule has 3 aromatic carbocycles. The fourth-order valence-electron chi connectivity index (χ4n) is 7.12. The van der Waals surface area contributed by atoms with Crippen LogP contribution in [-0.2, 0) is 29.3 Å². The quantitative estimate of drug-likeness (QED) is 0.0872. The van der Waals surface area contributed by atoms with E-state index in [4.69, 9.17) is 30.5 Å². The lowest BCUT2D eigenvalue weighted by molar-refractivity contribution is -0.110. The molecule has 2 aliphatic rings. The maximum Gasteiger partial charge on any atom is 0.142 e. The average Bonchev–Trinajstić information content (AvgIpc) is 3.63. The standard InChI is InChI=1S/C42H50ClN3O6/c1-30-33(28-52-41-22-40(51-27-32-7-5-15-44-23-32)34(21-38(41)43)24-45-35(25-47)26-48)8-3-9-36(30)37-10-4-11-39(31(37)2)50-19-6-16-46-17-12-42(13-18-46)14-20-49-29-42/h3-5,7-11,15,21-23,25,35,45,48H,6,12-14,16-20,24,26-29H2,1-2H3/t35-/m1/s1. The van der Waals surface area contributed by atoms with E-state index in [2.05, 4.69) is 65.4 Å². The SMILES string of the molecule is Cc1c(COc2cc(OCc3cccnc3)c(CN[C@H](C=O)CO)cc2Cl)cccc1-c1cccc(OCCCN2CCC3(CCOC3)CC2)c1C. The molecule has 0 amide bonds. The van der Waals surface area contributed by atoms with Gasteiger partial charge in [0.25, 0.3) is 0 Å². The number of aliphatic hydroxyl groups is 1. The Morgan fingerprint density at radius 1 is 0.942 bits per heavy atom. The topological polar surface area (TPSA) is 102 Å². The molecule has 2 N–H and O–H groups in total. The second-order valence-corrected chi connectivity index (χ2v) is 14.4. The lowest BCUT2D eigenvalue weighted by atomic mass is 9.78. The third kappa shape index (κ3) is 9.51. The molecule has 276 valence electrons. The fourth-order valence-corrected chi connectivity index (χ4v) is 7.36. The van der Waals surface area contributed by atoms with E-state index in [9.17, 15) is 9.90 Å². The zero-order valence-corrected chi connectivity index (χ0v) is 31.0. The number of rotatable bonds is 17. The van der Waals surface area contributed by atoms with Gasteiger partial charge < -0.3 is 39.1 Å². The van der Waals surface area contributed by atoms with Crippen molar-refractivity contribution in [1.82, 2.24) is 15.2 Å². The van der Waals surface area contributed by atoms with Gasteiger partial charge in [0.15, 0.2) is 0 Å². The van der Waals surface area contributed by atoms with Crippen LogP contribution in [0.2, 0.25) is 5.02 Å². The molecule has 0 saturated carbocycles. The molecule has 0 unspecified atom stereocenters. The number of pyridine rings is 1. The van der Waals surface area contributed by atoms with Gasteiger partial charge >= 0.3 is 0 Å². The summed E-state index contributed by atoms with van der Waals surface area (Å²) >= 11 is 6.74. The maximum atomic E-state index is 11.3. The number of halogens is 1. The number of piperidine rings is 1. The van der Waals surface area contributed by atoms with Gasteiger partial charge in [0.05, 0.1) is 30.9 Å². The van der Waals surface area contributed by atoms with Gasteiger partial charge in [-0.25, -0.2) is 0 Å². The third-order valence-electron chi connectivity index (χ3n) is 10.5. The molecule has 0 bridgehead atoms. The molecule has 3 heterocycles. The number of carbonyl (C=O) groups excluding carboxylic acids is 1. The molecule has 4 aromatic rings. The number of ether oxygens (including phenoxy) is 4. The Kier molecular flexibility index (Phi) is 13.2. The number of aliphatic hydroxyl groups excluding tert-OH is 1. The highest BCUT2D eigenvalue weighted by Crippen LogP contribution is 2.39. The zero-order chi connectivity index (χ0) is 36.3. The Bertz CT molecular complexity index is 1770. The molecule has 1 aromatic heterocycles. The first-order chi connectivity index (χ1) is 25.4. The minimum atomic E-state index is -0.697. The first-order valence-electron chi connectivity index (χ1n) is 18.3. The normalized spacial score (nSPS) is 16.2. The van der Waals surface area contributed by atoms with Crippen LogP contribution in [0.1, 0.15) is 53.5 Å². The minimum Gasteiger partial charge on any atom is -0.493 e. The number of benzene rings is 3. The lowest BCUT2D eigenvalue weighted by Gasteiger charge is -2.38. The molecule has 1 atom stereocenters. The van der Waals surface area contributed by atoms with Crippen molar-refractivity contribution in [1.29, 1.82) is 0 Å². The number of aldehydes is 1.